The fraction of sp³-hybridized carbons (Fsp3) is 0.368. The van der Waals surface area contributed by atoms with Crippen molar-refractivity contribution in [3.63, 3.8) is 0 Å². The van der Waals surface area contributed by atoms with Gasteiger partial charge in [-0.15, -0.1) is 11.3 Å². The van der Waals surface area contributed by atoms with Gasteiger partial charge in [0.25, 0.3) is 11.8 Å². The van der Waals surface area contributed by atoms with Crippen LogP contribution in [0.3, 0.4) is 0 Å². The van der Waals surface area contributed by atoms with Crippen molar-refractivity contribution < 1.29 is 9.59 Å². The van der Waals surface area contributed by atoms with Crippen LogP contribution < -0.4 is 10.6 Å². The maximum Gasteiger partial charge on any atom is 0.265 e. The molecule has 2 N–H and O–H groups in total. The molecule has 1 aliphatic carbocycles. The average Bonchev–Trinajstić information content (AvgIpc) is 3.12. The van der Waals surface area contributed by atoms with Gasteiger partial charge in [0.05, 0.1) is 4.88 Å². The highest BCUT2D eigenvalue weighted by Gasteiger charge is 2.34. The van der Waals surface area contributed by atoms with Gasteiger partial charge in [-0.3, -0.25) is 14.5 Å². The third-order valence-corrected chi connectivity index (χ3v) is 5.64. The van der Waals surface area contributed by atoms with Crippen LogP contribution in [0.15, 0.2) is 41.8 Å². The number of nitrogens with one attached hydrogen (secondary N) is 2. The molecule has 1 aromatic heterocycles. The van der Waals surface area contributed by atoms with E-state index < -0.39 is 0 Å². The Morgan fingerprint density at radius 1 is 1.04 bits per heavy atom. The number of carbonyl (C=O) groups excluding carboxylic acids is 2. The minimum atomic E-state index is -0.127. The average molecular weight is 355 g/mol. The Kier molecular flexibility index (Phi) is 4.55. The summed E-state index contributed by atoms with van der Waals surface area (Å²) in [6.07, 6.45) is 3.63. The highest BCUT2D eigenvalue weighted by molar-refractivity contribution is 7.12. The molecule has 2 amide bonds. The summed E-state index contributed by atoms with van der Waals surface area (Å²) in [7, 11) is 0. The van der Waals surface area contributed by atoms with Crippen molar-refractivity contribution in [1.29, 1.82) is 0 Å². The van der Waals surface area contributed by atoms with Gasteiger partial charge in [-0.2, -0.15) is 0 Å². The van der Waals surface area contributed by atoms with E-state index in [2.05, 4.69) is 15.5 Å². The smallest absolute Gasteiger partial charge is 0.265 e. The number of hydrogen-bond donors (Lipinski definition) is 2. The lowest BCUT2D eigenvalue weighted by Gasteiger charge is -2.16. The first kappa shape index (κ1) is 16.3. The maximum absolute atomic E-state index is 12.4. The summed E-state index contributed by atoms with van der Waals surface area (Å²) in [5.74, 6) is -0.169. The second-order valence-corrected chi connectivity index (χ2v) is 7.64. The first-order valence-corrected chi connectivity index (χ1v) is 9.57. The first-order valence-electron chi connectivity index (χ1n) is 8.69. The molecular weight excluding hydrogens is 334 g/mol. The quantitative estimate of drug-likeness (QED) is 0.867. The van der Waals surface area contributed by atoms with Gasteiger partial charge in [-0.1, -0.05) is 6.07 Å². The van der Waals surface area contributed by atoms with E-state index in [0.29, 0.717) is 16.1 Å². The van der Waals surface area contributed by atoms with Gasteiger partial charge in [-0.25, -0.2) is 0 Å². The van der Waals surface area contributed by atoms with E-state index in [1.807, 2.05) is 11.4 Å². The van der Waals surface area contributed by atoms with Crippen LogP contribution in [0.5, 0.6) is 0 Å². The van der Waals surface area contributed by atoms with Crippen LogP contribution >= 0.6 is 11.3 Å². The Hall–Kier alpha value is -2.18. The van der Waals surface area contributed by atoms with E-state index in [4.69, 9.17) is 0 Å². The fourth-order valence-electron chi connectivity index (χ4n) is 3.25. The lowest BCUT2D eigenvalue weighted by Crippen LogP contribution is -2.37. The molecule has 1 aromatic carbocycles. The van der Waals surface area contributed by atoms with Crippen LogP contribution in [0, 0.1) is 0 Å². The molecule has 0 bridgehead atoms. The molecular formula is C19H21N3O2S. The van der Waals surface area contributed by atoms with Crippen molar-refractivity contribution in [2.75, 3.05) is 18.4 Å². The molecule has 130 valence electrons. The molecule has 2 aromatic rings. The molecule has 5 nitrogen and oxygen atoms in total. The molecule has 1 atom stereocenters. The zero-order valence-electron chi connectivity index (χ0n) is 13.9. The van der Waals surface area contributed by atoms with Gasteiger partial charge < -0.3 is 10.6 Å². The third-order valence-electron chi connectivity index (χ3n) is 4.77. The minimum Gasteiger partial charge on any atom is -0.348 e. The third kappa shape index (κ3) is 3.91. The highest BCUT2D eigenvalue weighted by atomic mass is 32.1. The predicted molar refractivity (Wildman–Crippen MR) is 99.2 cm³/mol. The summed E-state index contributed by atoms with van der Waals surface area (Å²) < 4.78 is 0. The van der Waals surface area contributed by atoms with Crippen molar-refractivity contribution >= 4 is 28.8 Å². The summed E-state index contributed by atoms with van der Waals surface area (Å²) in [4.78, 5) is 27.6. The molecule has 25 heavy (non-hydrogen) atoms. The van der Waals surface area contributed by atoms with E-state index >= 15 is 0 Å². The summed E-state index contributed by atoms with van der Waals surface area (Å²) >= 11 is 1.40. The van der Waals surface area contributed by atoms with E-state index in [1.165, 1.54) is 24.2 Å². The van der Waals surface area contributed by atoms with E-state index in [-0.39, 0.29) is 17.9 Å². The monoisotopic (exact) mass is 355 g/mol. The normalized spacial score (nSPS) is 20.4. The number of amides is 2. The van der Waals surface area contributed by atoms with Crippen molar-refractivity contribution in [3.8, 4) is 0 Å². The molecule has 2 fully saturated rings. The summed E-state index contributed by atoms with van der Waals surface area (Å²) in [5.41, 5.74) is 1.31. The number of nitrogens with zero attached hydrogens (tertiary/aromatic N) is 1. The van der Waals surface area contributed by atoms with Gasteiger partial charge in [0.2, 0.25) is 0 Å². The van der Waals surface area contributed by atoms with Gasteiger partial charge in [0.15, 0.2) is 0 Å². The largest absolute Gasteiger partial charge is 0.348 e. The Labute approximate surface area is 151 Å². The van der Waals surface area contributed by atoms with Gasteiger partial charge in [-0.05, 0) is 55.0 Å². The summed E-state index contributed by atoms with van der Waals surface area (Å²) in [6, 6.07) is 11.7. The number of anilines is 1. The van der Waals surface area contributed by atoms with E-state index in [1.54, 1.807) is 30.3 Å². The van der Waals surface area contributed by atoms with Crippen LogP contribution in [-0.4, -0.2) is 41.9 Å². The zero-order valence-corrected chi connectivity index (χ0v) is 14.7. The van der Waals surface area contributed by atoms with Crippen LogP contribution in [-0.2, 0) is 0 Å². The Bertz CT molecular complexity index is 753. The number of hydrogen-bond acceptors (Lipinski definition) is 4. The topological polar surface area (TPSA) is 61.4 Å². The number of rotatable bonds is 5. The first-order chi connectivity index (χ1) is 12.2. The second-order valence-electron chi connectivity index (χ2n) is 6.69. The Morgan fingerprint density at radius 2 is 1.84 bits per heavy atom. The van der Waals surface area contributed by atoms with Gasteiger partial charge in [0.1, 0.15) is 0 Å². The second kappa shape index (κ2) is 6.98. The lowest BCUT2D eigenvalue weighted by molar-refractivity contribution is 0.0937. The molecule has 2 aliphatic rings. The number of likely N-dealkylation sites (tertiary alicyclic amines) is 1. The molecule has 0 radical (unpaired) electrons. The molecule has 2 heterocycles. The Balaban J connectivity index is 1.32. The predicted octanol–water partition coefficient (Wildman–Crippen LogP) is 2.97. The summed E-state index contributed by atoms with van der Waals surface area (Å²) in [5, 5.41) is 7.84. The van der Waals surface area contributed by atoms with Crippen molar-refractivity contribution in [2.45, 2.75) is 31.3 Å². The molecule has 6 heteroatoms. The standard InChI is InChI=1S/C19H21N3O2S/c23-18(21-15-9-10-22(12-15)16-7-8-16)13-3-5-14(6-4-13)20-19(24)17-2-1-11-25-17/h1-6,11,15-16H,7-10,12H2,(H,20,24)(H,21,23)/t15-/m1/s1. The number of carbonyl (C=O) groups is 2. The van der Waals surface area contributed by atoms with Crippen LogP contribution in [0.2, 0.25) is 0 Å². The van der Waals surface area contributed by atoms with Gasteiger partial charge >= 0.3 is 0 Å². The summed E-state index contributed by atoms with van der Waals surface area (Å²) in [6.45, 7) is 2.05. The molecule has 1 saturated carbocycles. The number of thiophene rings is 1. The van der Waals surface area contributed by atoms with Crippen molar-refractivity contribution in [1.82, 2.24) is 10.2 Å². The molecule has 0 spiro atoms. The van der Waals surface area contributed by atoms with Crippen LogP contribution in [0.25, 0.3) is 0 Å². The van der Waals surface area contributed by atoms with E-state index in [9.17, 15) is 9.59 Å². The lowest BCUT2D eigenvalue weighted by atomic mass is 10.1. The van der Waals surface area contributed by atoms with Crippen LogP contribution in [0.4, 0.5) is 5.69 Å². The number of benzene rings is 1. The van der Waals surface area contributed by atoms with Gasteiger partial charge in [0, 0.05) is 36.4 Å². The fourth-order valence-corrected chi connectivity index (χ4v) is 3.87. The molecule has 1 aliphatic heterocycles. The zero-order chi connectivity index (χ0) is 17.2. The van der Waals surface area contributed by atoms with Crippen molar-refractivity contribution in [3.05, 3.63) is 52.2 Å². The SMILES string of the molecule is O=C(N[C@@H]1CCN(C2CC2)C1)c1ccc(NC(=O)c2cccs2)cc1. The van der Waals surface area contributed by atoms with Crippen LogP contribution in [0.1, 0.15) is 39.3 Å². The molecule has 0 unspecified atom stereocenters. The molecule has 1 saturated heterocycles. The minimum absolute atomic E-state index is 0.0428. The molecule has 4 rings (SSSR count). The Morgan fingerprint density at radius 3 is 2.52 bits per heavy atom. The highest BCUT2D eigenvalue weighted by Crippen LogP contribution is 2.29. The maximum atomic E-state index is 12.4. The van der Waals surface area contributed by atoms with Crippen molar-refractivity contribution in [2.24, 2.45) is 0 Å². The van der Waals surface area contributed by atoms with E-state index in [0.717, 1.165) is 25.6 Å².